The summed E-state index contributed by atoms with van der Waals surface area (Å²) in [6.07, 6.45) is 0. The first-order valence-electron chi connectivity index (χ1n) is 6.85. The smallest absolute Gasteiger partial charge is 0.141 e. The third kappa shape index (κ3) is 3.37. The molecule has 0 spiro atoms. The molecule has 2 rings (SSSR count). The van der Waals surface area contributed by atoms with Crippen molar-refractivity contribution in [3.05, 3.63) is 65.7 Å². The van der Waals surface area contributed by atoms with Crippen molar-refractivity contribution in [2.24, 2.45) is 5.92 Å². The highest BCUT2D eigenvalue weighted by Gasteiger charge is 2.32. The van der Waals surface area contributed by atoms with Crippen LogP contribution in [0.5, 0.6) is 5.75 Å². The van der Waals surface area contributed by atoms with Crippen LogP contribution in [0.25, 0.3) is 0 Å². The normalized spacial score (nSPS) is 12.1. The number of hydrogen-bond acceptors (Lipinski definition) is 3. The van der Waals surface area contributed by atoms with E-state index in [9.17, 15) is 14.7 Å². The van der Waals surface area contributed by atoms with Crippen LogP contribution >= 0.6 is 0 Å². The van der Waals surface area contributed by atoms with Gasteiger partial charge in [-0.1, -0.05) is 42.5 Å². The maximum absolute atomic E-state index is 12.0. The van der Waals surface area contributed by atoms with Gasteiger partial charge in [0.25, 0.3) is 0 Å². The summed E-state index contributed by atoms with van der Waals surface area (Å²) in [5.41, 5.74) is 1.76. The molecule has 0 radical (unpaired) electrons. The van der Waals surface area contributed by atoms with E-state index >= 15 is 0 Å². The van der Waals surface area contributed by atoms with E-state index in [2.05, 4.69) is 0 Å². The molecule has 0 saturated heterocycles. The van der Waals surface area contributed by atoms with Gasteiger partial charge in [-0.2, -0.15) is 0 Å². The lowest BCUT2D eigenvalue weighted by Gasteiger charge is -2.24. The van der Waals surface area contributed by atoms with Crippen LogP contribution < -0.4 is 0 Å². The van der Waals surface area contributed by atoms with Gasteiger partial charge in [-0.05, 0) is 37.1 Å². The molecular formula is C18H18O3. The first kappa shape index (κ1) is 15.0. The van der Waals surface area contributed by atoms with E-state index in [1.807, 2.05) is 30.3 Å². The van der Waals surface area contributed by atoms with E-state index < -0.39 is 5.92 Å². The highest BCUT2D eigenvalue weighted by molar-refractivity contribution is 6.01. The standard InChI is InChI=1S/C18H18O3/c1-12(19)17(13(2)20)18(14-6-4-3-5-7-14)15-8-10-16(21)11-9-15/h3-11,17-18,21H,1-2H3. The van der Waals surface area contributed by atoms with Crippen LogP contribution in [0, 0.1) is 5.92 Å². The van der Waals surface area contributed by atoms with Gasteiger partial charge in [-0.15, -0.1) is 0 Å². The molecule has 21 heavy (non-hydrogen) atoms. The number of carbonyl (C=O) groups is 2. The number of ketones is 2. The number of rotatable bonds is 5. The van der Waals surface area contributed by atoms with Gasteiger partial charge in [0.05, 0.1) is 5.92 Å². The molecule has 0 aliphatic rings. The van der Waals surface area contributed by atoms with E-state index in [1.165, 1.54) is 13.8 Å². The highest BCUT2D eigenvalue weighted by atomic mass is 16.3. The average Bonchev–Trinajstić information content (AvgIpc) is 2.46. The SMILES string of the molecule is CC(=O)C(C(C)=O)C(c1ccccc1)c1ccc(O)cc1. The van der Waals surface area contributed by atoms with Crippen molar-refractivity contribution >= 4 is 11.6 Å². The number of benzene rings is 2. The number of aromatic hydroxyl groups is 1. The average molecular weight is 282 g/mol. The largest absolute Gasteiger partial charge is 0.508 e. The number of phenols is 1. The van der Waals surface area contributed by atoms with Crippen LogP contribution in [0.2, 0.25) is 0 Å². The number of carbonyl (C=O) groups excluding carboxylic acids is 2. The summed E-state index contributed by atoms with van der Waals surface area (Å²) in [4.78, 5) is 23.9. The second-order valence-electron chi connectivity index (χ2n) is 5.18. The van der Waals surface area contributed by atoms with Gasteiger partial charge in [-0.3, -0.25) is 9.59 Å². The van der Waals surface area contributed by atoms with E-state index in [0.717, 1.165) is 11.1 Å². The van der Waals surface area contributed by atoms with E-state index in [4.69, 9.17) is 0 Å². The zero-order chi connectivity index (χ0) is 15.4. The monoisotopic (exact) mass is 282 g/mol. The summed E-state index contributed by atoms with van der Waals surface area (Å²) in [7, 11) is 0. The Hall–Kier alpha value is -2.42. The fourth-order valence-corrected chi connectivity index (χ4v) is 2.68. The van der Waals surface area contributed by atoms with Crippen molar-refractivity contribution in [3.8, 4) is 5.75 Å². The molecule has 108 valence electrons. The molecule has 1 unspecified atom stereocenters. The Morgan fingerprint density at radius 2 is 1.29 bits per heavy atom. The van der Waals surface area contributed by atoms with Gasteiger partial charge < -0.3 is 5.11 Å². The van der Waals surface area contributed by atoms with Crippen LogP contribution in [-0.4, -0.2) is 16.7 Å². The van der Waals surface area contributed by atoms with Crippen molar-refractivity contribution in [2.75, 3.05) is 0 Å². The maximum Gasteiger partial charge on any atom is 0.141 e. The van der Waals surface area contributed by atoms with Gasteiger partial charge in [-0.25, -0.2) is 0 Å². The lowest BCUT2D eigenvalue weighted by molar-refractivity contribution is -0.130. The fourth-order valence-electron chi connectivity index (χ4n) is 2.68. The topological polar surface area (TPSA) is 54.4 Å². The Morgan fingerprint density at radius 3 is 1.76 bits per heavy atom. The van der Waals surface area contributed by atoms with Crippen LogP contribution in [0.4, 0.5) is 0 Å². The molecule has 0 heterocycles. The van der Waals surface area contributed by atoms with Gasteiger partial charge in [0.1, 0.15) is 17.3 Å². The Morgan fingerprint density at radius 1 is 0.810 bits per heavy atom. The van der Waals surface area contributed by atoms with E-state index in [-0.39, 0.29) is 23.2 Å². The lowest BCUT2D eigenvalue weighted by Crippen LogP contribution is -2.27. The summed E-state index contributed by atoms with van der Waals surface area (Å²) in [5, 5.41) is 9.43. The number of phenolic OH excluding ortho intramolecular Hbond substituents is 1. The number of Topliss-reactive ketones (excluding diaryl/α,β-unsaturated/α-hetero) is 2. The number of hydrogen-bond donors (Lipinski definition) is 1. The predicted molar refractivity (Wildman–Crippen MR) is 81.2 cm³/mol. The van der Waals surface area contributed by atoms with Crippen molar-refractivity contribution in [3.63, 3.8) is 0 Å². The first-order valence-corrected chi connectivity index (χ1v) is 6.85. The molecule has 0 aromatic heterocycles. The molecule has 0 aliphatic carbocycles. The molecule has 0 saturated carbocycles. The molecule has 1 atom stereocenters. The molecule has 0 amide bonds. The second kappa shape index (κ2) is 6.35. The minimum absolute atomic E-state index is 0.149. The lowest BCUT2D eigenvalue weighted by atomic mass is 9.77. The molecule has 0 bridgehead atoms. The molecular weight excluding hydrogens is 264 g/mol. The third-order valence-corrected chi connectivity index (χ3v) is 3.62. The summed E-state index contributed by atoms with van der Waals surface area (Å²) >= 11 is 0. The highest BCUT2D eigenvalue weighted by Crippen LogP contribution is 2.34. The van der Waals surface area contributed by atoms with Gasteiger partial charge in [0.2, 0.25) is 0 Å². The quantitative estimate of drug-likeness (QED) is 0.856. The molecule has 2 aromatic carbocycles. The van der Waals surface area contributed by atoms with Crippen molar-refractivity contribution in [1.29, 1.82) is 0 Å². The van der Waals surface area contributed by atoms with Crippen LogP contribution in [0.15, 0.2) is 54.6 Å². The first-order chi connectivity index (χ1) is 10.0. The van der Waals surface area contributed by atoms with Crippen molar-refractivity contribution in [1.82, 2.24) is 0 Å². The fraction of sp³-hybridized carbons (Fsp3) is 0.222. The Kier molecular flexibility index (Phi) is 4.53. The minimum Gasteiger partial charge on any atom is -0.508 e. The van der Waals surface area contributed by atoms with Crippen LogP contribution in [-0.2, 0) is 9.59 Å². The van der Waals surface area contributed by atoms with Crippen molar-refractivity contribution in [2.45, 2.75) is 19.8 Å². The molecule has 1 N–H and O–H groups in total. The third-order valence-electron chi connectivity index (χ3n) is 3.62. The van der Waals surface area contributed by atoms with E-state index in [1.54, 1.807) is 24.3 Å². The molecule has 0 aliphatic heterocycles. The zero-order valence-electron chi connectivity index (χ0n) is 12.1. The summed E-state index contributed by atoms with van der Waals surface area (Å²) < 4.78 is 0. The molecule has 0 fully saturated rings. The van der Waals surface area contributed by atoms with E-state index in [0.29, 0.717) is 0 Å². The Balaban J connectivity index is 2.56. The van der Waals surface area contributed by atoms with Crippen LogP contribution in [0.3, 0.4) is 0 Å². The summed E-state index contributed by atoms with van der Waals surface area (Å²) in [6.45, 7) is 2.89. The molecule has 3 heteroatoms. The Bertz CT molecular complexity index is 615. The zero-order valence-corrected chi connectivity index (χ0v) is 12.1. The maximum atomic E-state index is 12.0. The molecule has 2 aromatic rings. The van der Waals surface area contributed by atoms with Gasteiger partial charge >= 0.3 is 0 Å². The minimum atomic E-state index is -0.711. The van der Waals surface area contributed by atoms with Crippen LogP contribution in [0.1, 0.15) is 30.9 Å². The summed E-state index contributed by atoms with van der Waals surface area (Å²) in [6, 6.07) is 16.2. The van der Waals surface area contributed by atoms with Gasteiger partial charge in [0.15, 0.2) is 0 Å². The van der Waals surface area contributed by atoms with Crippen molar-refractivity contribution < 1.29 is 14.7 Å². The second-order valence-corrected chi connectivity index (χ2v) is 5.18. The summed E-state index contributed by atoms with van der Waals surface area (Å²) in [5.74, 6) is -1.18. The molecule has 3 nitrogen and oxygen atoms in total. The van der Waals surface area contributed by atoms with Gasteiger partial charge in [0, 0.05) is 5.92 Å². The predicted octanol–water partition coefficient (Wildman–Crippen LogP) is 3.32. The Labute approximate surface area is 124 Å².